The molecule has 0 spiro atoms. The molecule has 0 unspecified atom stereocenters. The smallest absolute Gasteiger partial charge is 0.343 e. The maximum Gasteiger partial charge on any atom is 0.343 e. The van der Waals surface area contributed by atoms with E-state index < -0.39 is 11.9 Å². The average molecular weight is 384 g/mol. The Kier molecular flexibility index (Phi) is 8.53. The summed E-state index contributed by atoms with van der Waals surface area (Å²) in [5.74, 6) is 0.344. The van der Waals surface area contributed by atoms with Gasteiger partial charge in [-0.3, -0.25) is 0 Å². The third kappa shape index (κ3) is 7.06. The van der Waals surface area contributed by atoms with Crippen LogP contribution in [0.15, 0.2) is 48.5 Å². The Balaban J connectivity index is 1.93. The first-order valence-electron chi connectivity index (χ1n) is 9.71. The zero-order valence-corrected chi connectivity index (χ0v) is 16.8. The van der Waals surface area contributed by atoms with Crippen molar-refractivity contribution < 1.29 is 23.8 Å². The number of hydrogen-bond donors (Lipinski definition) is 0. The van der Waals surface area contributed by atoms with E-state index in [2.05, 4.69) is 6.92 Å². The summed E-state index contributed by atoms with van der Waals surface area (Å²) < 4.78 is 16.2. The van der Waals surface area contributed by atoms with Crippen LogP contribution in [0.1, 0.15) is 60.7 Å². The molecule has 0 aromatic heterocycles. The Labute approximate surface area is 166 Å². The Bertz CT molecular complexity index is 765. The molecule has 0 saturated carbocycles. The van der Waals surface area contributed by atoms with Gasteiger partial charge in [-0.2, -0.15) is 0 Å². The van der Waals surface area contributed by atoms with Gasteiger partial charge in [0.05, 0.1) is 24.3 Å². The van der Waals surface area contributed by atoms with Crippen molar-refractivity contribution in [1.29, 1.82) is 0 Å². The van der Waals surface area contributed by atoms with E-state index in [4.69, 9.17) is 14.2 Å². The third-order valence-electron chi connectivity index (χ3n) is 3.93. The zero-order valence-electron chi connectivity index (χ0n) is 16.8. The van der Waals surface area contributed by atoms with E-state index in [-0.39, 0.29) is 5.92 Å². The Morgan fingerprint density at radius 2 is 1.64 bits per heavy atom. The standard InChI is InChI=1S/C23H28O5/c1-4-5-6-14-26-20-12-10-18(11-13-20)23(25)28-21-9-7-8-19(15-21)22(24)27-16-17(2)3/h7-13,15,17H,4-6,14,16H2,1-3H3. The molecule has 0 saturated heterocycles. The van der Waals surface area contributed by atoms with Crippen molar-refractivity contribution in [3.63, 3.8) is 0 Å². The summed E-state index contributed by atoms with van der Waals surface area (Å²) in [6.45, 7) is 7.08. The Hall–Kier alpha value is -2.82. The number of hydrogen-bond acceptors (Lipinski definition) is 5. The number of ether oxygens (including phenoxy) is 3. The monoisotopic (exact) mass is 384 g/mol. The molecule has 0 amide bonds. The summed E-state index contributed by atoms with van der Waals surface area (Å²) in [5, 5.41) is 0. The van der Waals surface area contributed by atoms with Gasteiger partial charge in [-0.05, 0) is 54.8 Å². The van der Waals surface area contributed by atoms with Crippen molar-refractivity contribution >= 4 is 11.9 Å². The molecule has 0 aliphatic carbocycles. The molecule has 2 aromatic carbocycles. The second-order valence-electron chi connectivity index (χ2n) is 6.99. The quantitative estimate of drug-likeness (QED) is 0.316. The largest absolute Gasteiger partial charge is 0.494 e. The lowest BCUT2D eigenvalue weighted by Gasteiger charge is -2.09. The molecule has 0 heterocycles. The number of carbonyl (C=O) groups excluding carboxylic acids is 2. The highest BCUT2D eigenvalue weighted by Crippen LogP contribution is 2.18. The van der Waals surface area contributed by atoms with Gasteiger partial charge in [0.2, 0.25) is 0 Å². The van der Waals surface area contributed by atoms with E-state index in [1.165, 1.54) is 6.07 Å². The molecular weight excluding hydrogens is 356 g/mol. The average Bonchev–Trinajstić information content (AvgIpc) is 2.70. The summed E-state index contributed by atoms with van der Waals surface area (Å²) in [5.41, 5.74) is 0.760. The molecule has 2 rings (SSSR count). The number of esters is 2. The minimum atomic E-state index is -0.495. The fourth-order valence-corrected chi connectivity index (χ4v) is 2.41. The Morgan fingerprint density at radius 1 is 0.893 bits per heavy atom. The SMILES string of the molecule is CCCCCOc1ccc(C(=O)Oc2cccc(C(=O)OCC(C)C)c2)cc1. The lowest BCUT2D eigenvalue weighted by atomic mass is 10.2. The molecule has 5 heteroatoms. The minimum absolute atomic E-state index is 0.253. The second kappa shape index (κ2) is 11.1. The fraction of sp³-hybridized carbons (Fsp3) is 0.391. The second-order valence-corrected chi connectivity index (χ2v) is 6.99. The summed E-state index contributed by atoms with van der Waals surface area (Å²) in [6.07, 6.45) is 3.29. The van der Waals surface area contributed by atoms with Crippen LogP contribution in [0.25, 0.3) is 0 Å². The first-order chi connectivity index (χ1) is 13.5. The molecule has 0 radical (unpaired) electrons. The Morgan fingerprint density at radius 3 is 2.32 bits per heavy atom. The molecule has 150 valence electrons. The van der Waals surface area contributed by atoms with Crippen LogP contribution in [0.2, 0.25) is 0 Å². The molecule has 2 aromatic rings. The maximum absolute atomic E-state index is 12.3. The van der Waals surface area contributed by atoms with Crippen LogP contribution in [0.4, 0.5) is 0 Å². The van der Waals surface area contributed by atoms with Crippen LogP contribution in [-0.2, 0) is 4.74 Å². The van der Waals surface area contributed by atoms with Crippen LogP contribution in [-0.4, -0.2) is 25.2 Å². The predicted octanol–water partition coefficient (Wildman–Crippen LogP) is 5.29. The molecule has 0 atom stereocenters. The van der Waals surface area contributed by atoms with Gasteiger partial charge in [0, 0.05) is 0 Å². The lowest BCUT2D eigenvalue weighted by molar-refractivity contribution is 0.0457. The molecule has 5 nitrogen and oxygen atoms in total. The summed E-state index contributed by atoms with van der Waals surface area (Å²) >= 11 is 0. The minimum Gasteiger partial charge on any atom is -0.494 e. The summed E-state index contributed by atoms with van der Waals surface area (Å²) in [4.78, 5) is 24.4. The maximum atomic E-state index is 12.3. The molecule has 0 aliphatic heterocycles. The van der Waals surface area contributed by atoms with E-state index in [9.17, 15) is 9.59 Å². The van der Waals surface area contributed by atoms with Crippen LogP contribution >= 0.6 is 0 Å². The highest BCUT2D eigenvalue weighted by molar-refractivity contribution is 5.92. The van der Waals surface area contributed by atoms with Crippen molar-refractivity contribution in [2.45, 2.75) is 40.0 Å². The molecule has 0 N–H and O–H groups in total. The first kappa shape index (κ1) is 21.5. The van der Waals surface area contributed by atoms with Crippen LogP contribution < -0.4 is 9.47 Å². The number of rotatable bonds is 10. The lowest BCUT2D eigenvalue weighted by Crippen LogP contribution is -2.11. The highest BCUT2D eigenvalue weighted by Gasteiger charge is 2.12. The van der Waals surface area contributed by atoms with E-state index in [0.29, 0.717) is 30.1 Å². The number of unbranched alkanes of at least 4 members (excludes halogenated alkanes) is 2. The van der Waals surface area contributed by atoms with Crippen LogP contribution in [0, 0.1) is 5.92 Å². The van der Waals surface area contributed by atoms with Gasteiger partial charge < -0.3 is 14.2 Å². The first-order valence-corrected chi connectivity index (χ1v) is 9.71. The fourth-order valence-electron chi connectivity index (χ4n) is 2.41. The molecule has 0 bridgehead atoms. The molecule has 0 aliphatic rings. The van der Waals surface area contributed by atoms with Crippen LogP contribution in [0.5, 0.6) is 11.5 Å². The van der Waals surface area contributed by atoms with E-state index >= 15 is 0 Å². The predicted molar refractivity (Wildman–Crippen MR) is 108 cm³/mol. The molecule has 0 fully saturated rings. The van der Waals surface area contributed by atoms with Crippen molar-refractivity contribution in [3.8, 4) is 11.5 Å². The van der Waals surface area contributed by atoms with Gasteiger partial charge in [0.1, 0.15) is 11.5 Å². The van der Waals surface area contributed by atoms with E-state index in [1.807, 2.05) is 13.8 Å². The molecule has 28 heavy (non-hydrogen) atoms. The zero-order chi connectivity index (χ0) is 20.4. The van der Waals surface area contributed by atoms with Gasteiger partial charge in [-0.15, -0.1) is 0 Å². The van der Waals surface area contributed by atoms with Gasteiger partial charge in [0.15, 0.2) is 0 Å². The van der Waals surface area contributed by atoms with E-state index in [0.717, 1.165) is 25.0 Å². The third-order valence-corrected chi connectivity index (χ3v) is 3.93. The summed E-state index contributed by atoms with van der Waals surface area (Å²) in [6, 6.07) is 13.3. The van der Waals surface area contributed by atoms with Crippen molar-refractivity contribution in [2.75, 3.05) is 13.2 Å². The van der Waals surface area contributed by atoms with Gasteiger partial charge in [-0.25, -0.2) is 9.59 Å². The van der Waals surface area contributed by atoms with Gasteiger partial charge in [0.25, 0.3) is 0 Å². The van der Waals surface area contributed by atoms with E-state index in [1.54, 1.807) is 42.5 Å². The van der Waals surface area contributed by atoms with Crippen molar-refractivity contribution in [1.82, 2.24) is 0 Å². The normalized spacial score (nSPS) is 10.6. The number of carbonyl (C=O) groups is 2. The highest BCUT2D eigenvalue weighted by atomic mass is 16.5. The van der Waals surface area contributed by atoms with Crippen LogP contribution in [0.3, 0.4) is 0 Å². The van der Waals surface area contributed by atoms with Gasteiger partial charge in [-0.1, -0.05) is 39.7 Å². The molecular formula is C23H28O5. The summed E-state index contributed by atoms with van der Waals surface area (Å²) in [7, 11) is 0. The topological polar surface area (TPSA) is 61.8 Å². The number of benzene rings is 2. The van der Waals surface area contributed by atoms with Crippen molar-refractivity contribution in [2.24, 2.45) is 5.92 Å². The van der Waals surface area contributed by atoms with Gasteiger partial charge >= 0.3 is 11.9 Å². The van der Waals surface area contributed by atoms with Crippen molar-refractivity contribution in [3.05, 3.63) is 59.7 Å².